The smallest absolute Gasteiger partial charge is 0.316 e. The summed E-state index contributed by atoms with van der Waals surface area (Å²) >= 11 is 1.61. The molecule has 0 radical (unpaired) electrons. The molecule has 2 amide bonds. The van der Waals surface area contributed by atoms with Crippen LogP contribution >= 0.6 is 11.9 Å². The maximum absolute atomic E-state index is 11.0. The van der Waals surface area contributed by atoms with Crippen molar-refractivity contribution in [3.63, 3.8) is 0 Å². The number of nitrogens with one attached hydrogen (secondary N) is 1. The second-order valence-electron chi connectivity index (χ2n) is 9.96. The van der Waals surface area contributed by atoms with Crippen molar-refractivity contribution in [3.8, 4) is 0 Å². The zero-order chi connectivity index (χ0) is 26.2. The van der Waals surface area contributed by atoms with Crippen molar-refractivity contribution < 1.29 is 9.53 Å². The molecule has 3 rings (SSSR count). The lowest BCUT2D eigenvalue weighted by Crippen LogP contribution is -2.20. The van der Waals surface area contributed by atoms with Gasteiger partial charge in [0, 0.05) is 49.0 Å². The van der Waals surface area contributed by atoms with Crippen LogP contribution in [0.3, 0.4) is 0 Å². The number of aromatic nitrogens is 2. The lowest BCUT2D eigenvalue weighted by atomic mass is 9.95. The molecular weight excluding hydrogens is 458 g/mol. The number of rotatable bonds is 8. The van der Waals surface area contributed by atoms with Crippen molar-refractivity contribution in [3.05, 3.63) is 48.3 Å². The number of benzene rings is 2. The maximum atomic E-state index is 11.0. The summed E-state index contributed by atoms with van der Waals surface area (Å²) in [5.41, 5.74) is 9.11. The number of amides is 2. The van der Waals surface area contributed by atoms with Crippen LogP contribution in [-0.4, -0.2) is 36.3 Å². The first kappa shape index (κ1) is 28.5. The van der Waals surface area contributed by atoms with Crippen LogP contribution < -0.4 is 15.4 Å². The number of hydrogen-bond acceptors (Lipinski definition) is 5. The van der Waals surface area contributed by atoms with Crippen LogP contribution in [0.15, 0.2) is 47.4 Å². The monoisotopic (exact) mass is 499 g/mol. The molecule has 0 saturated carbocycles. The van der Waals surface area contributed by atoms with Gasteiger partial charge in [-0.05, 0) is 66.8 Å². The molecule has 0 bridgehead atoms. The predicted molar refractivity (Wildman–Crippen MR) is 149 cm³/mol. The number of fused-ring (bicyclic) bond motifs is 1. The van der Waals surface area contributed by atoms with Gasteiger partial charge in [-0.3, -0.25) is 0 Å². The summed E-state index contributed by atoms with van der Waals surface area (Å²) in [5.74, 6) is 1.67. The Hall–Kier alpha value is -2.71. The van der Waals surface area contributed by atoms with Gasteiger partial charge in [0.05, 0.1) is 11.0 Å². The largest absolute Gasteiger partial charge is 0.385 e. The van der Waals surface area contributed by atoms with E-state index in [0.29, 0.717) is 11.6 Å². The van der Waals surface area contributed by atoms with Gasteiger partial charge in [-0.2, -0.15) is 0 Å². The number of primary amides is 1. The van der Waals surface area contributed by atoms with Crippen LogP contribution in [0.4, 0.5) is 16.2 Å². The molecule has 0 aliphatic carbocycles. The number of ether oxygens (including phenoxy) is 1. The van der Waals surface area contributed by atoms with Gasteiger partial charge in [-0.1, -0.05) is 41.5 Å². The highest BCUT2D eigenvalue weighted by Gasteiger charge is 2.23. The Balaban J connectivity index is 0.000000784. The Kier molecular flexibility index (Phi) is 10.5. The topological polar surface area (TPSA) is 85.4 Å². The van der Waals surface area contributed by atoms with Crippen molar-refractivity contribution in [2.45, 2.75) is 64.8 Å². The molecule has 0 saturated heterocycles. The van der Waals surface area contributed by atoms with Gasteiger partial charge >= 0.3 is 6.03 Å². The van der Waals surface area contributed by atoms with Gasteiger partial charge in [0.2, 0.25) is 0 Å². The maximum Gasteiger partial charge on any atom is 0.316 e. The number of carbonyl (C=O) groups is 1. The number of nitrogens with zero attached hydrogens (tertiary/aromatic N) is 3. The highest BCUT2D eigenvalue weighted by atomic mass is 32.2. The van der Waals surface area contributed by atoms with Gasteiger partial charge in [0.15, 0.2) is 0 Å². The van der Waals surface area contributed by atoms with Crippen LogP contribution in [0.1, 0.15) is 53.8 Å². The van der Waals surface area contributed by atoms with E-state index in [2.05, 4.69) is 73.9 Å². The molecule has 0 fully saturated rings. The summed E-state index contributed by atoms with van der Waals surface area (Å²) < 4.78 is 9.17. The van der Waals surface area contributed by atoms with Crippen LogP contribution in [0, 0.1) is 5.92 Å². The minimum Gasteiger partial charge on any atom is -0.385 e. The molecule has 192 valence electrons. The summed E-state index contributed by atoms with van der Waals surface area (Å²) in [6.45, 7) is 15.0. The lowest BCUT2D eigenvalue weighted by Gasteiger charge is -2.21. The zero-order valence-corrected chi connectivity index (χ0v) is 23.2. The molecule has 0 aliphatic rings. The Morgan fingerprint density at radius 3 is 2.34 bits per heavy atom. The molecule has 3 N–H and O–H groups in total. The van der Waals surface area contributed by atoms with Gasteiger partial charge < -0.3 is 24.7 Å². The van der Waals surface area contributed by atoms with E-state index < -0.39 is 6.03 Å². The Morgan fingerprint density at radius 1 is 1.20 bits per heavy atom. The van der Waals surface area contributed by atoms with Crippen molar-refractivity contribution in [1.29, 1.82) is 0 Å². The second-order valence-corrected chi connectivity index (χ2v) is 11.2. The Bertz CT molecular complexity index is 1090. The molecule has 2 aromatic carbocycles. The average molecular weight is 500 g/mol. The number of carbonyl (C=O) groups excluding carboxylic acids is 1. The summed E-state index contributed by atoms with van der Waals surface area (Å²) in [6.07, 6.45) is 1.12. The highest BCUT2D eigenvalue weighted by Crippen LogP contribution is 2.33. The molecule has 0 spiro atoms. The summed E-state index contributed by atoms with van der Waals surface area (Å²) in [6, 6.07) is 13.5. The summed E-state index contributed by atoms with van der Waals surface area (Å²) in [4.78, 5) is 17.0. The van der Waals surface area contributed by atoms with E-state index in [1.54, 1.807) is 19.1 Å². The first-order chi connectivity index (χ1) is 16.5. The normalized spacial score (nSPS) is 11.3. The van der Waals surface area contributed by atoms with Gasteiger partial charge in [-0.15, -0.1) is 0 Å². The molecule has 7 nitrogen and oxygen atoms in total. The number of urea groups is 1. The van der Waals surface area contributed by atoms with Crippen molar-refractivity contribution >= 4 is 40.4 Å². The van der Waals surface area contributed by atoms with Gasteiger partial charge in [-0.25, -0.2) is 9.78 Å². The Morgan fingerprint density at radius 2 is 1.86 bits per heavy atom. The molecular formula is C27H41N5O2S. The van der Waals surface area contributed by atoms with Crippen molar-refractivity contribution in [2.75, 3.05) is 30.4 Å². The van der Waals surface area contributed by atoms with E-state index in [1.165, 1.54) is 5.52 Å². The van der Waals surface area contributed by atoms with E-state index >= 15 is 0 Å². The number of imidazole rings is 1. The van der Waals surface area contributed by atoms with Crippen LogP contribution in [0.5, 0.6) is 0 Å². The van der Waals surface area contributed by atoms with Gasteiger partial charge in [0.25, 0.3) is 0 Å². The molecule has 0 unspecified atom stereocenters. The average Bonchev–Trinajstić information content (AvgIpc) is 3.13. The third kappa shape index (κ3) is 8.47. The number of anilines is 2. The van der Waals surface area contributed by atoms with E-state index in [9.17, 15) is 4.79 Å². The standard InChI is InChI=1S/C23H31N5OS.C4H10O/c1-15(2)14-28-20-12-9-17(13-19(20)26-21(28)23(3,4)5)27(6)30-18-10-7-16(8-11-18)25-22(24)29;1-3-4-5-2/h7-13,15H,14H2,1-6H3,(H3,24,25,29);3-4H2,1-2H3. The van der Waals surface area contributed by atoms with E-state index in [0.717, 1.165) is 41.5 Å². The summed E-state index contributed by atoms with van der Waals surface area (Å²) in [5, 5.41) is 2.58. The third-order valence-electron chi connectivity index (χ3n) is 5.09. The van der Waals surface area contributed by atoms with Crippen molar-refractivity contribution in [2.24, 2.45) is 11.7 Å². The summed E-state index contributed by atoms with van der Waals surface area (Å²) in [7, 11) is 3.75. The first-order valence-electron chi connectivity index (χ1n) is 12.0. The zero-order valence-electron chi connectivity index (χ0n) is 22.4. The molecule has 3 aromatic rings. The quantitative estimate of drug-likeness (QED) is 0.338. The molecule has 0 aliphatic heterocycles. The molecule has 8 heteroatoms. The number of hydrogen-bond donors (Lipinski definition) is 2. The first-order valence-corrected chi connectivity index (χ1v) is 12.8. The third-order valence-corrected chi connectivity index (χ3v) is 6.05. The van der Waals surface area contributed by atoms with E-state index in [1.807, 2.05) is 31.3 Å². The van der Waals surface area contributed by atoms with Crippen LogP contribution in [0.2, 0.25) is 0 Å². The highest BCUT2D eigenvalue weighted by molar-refractivity contribution is 8.00. The fourth-order valence-corrected chi connectivity index (χ4v) is 4.39. The van der Waals surface area contributed by atoms with Crippen LogP contribution in [-0.2, 0) is 16.7 Å². The fraction of sp³-hybridized carbons (Fsp3) is 0.481. The number of nitrogens with two attached hydrogens (primary N) is 1. The Labute approximate surface area is 214 Å². The molecule has 1 heterocycles. The fourth-order valence-electron chi connectivity index (χ4n) is 3.59. The molecule has 1 aromatic heterocycles. The van der Waals surface area contributed by atoms with E-state index in [-0.39, 0.29) is 5.41 Å². The second kappa shape index (κ2) is 12.8. The molecule has 0 atom stereocenters. The predicted octanol–water partition coefficient (Wildman–Crippen LogP) is 6.67. The minimum absolute atomic E-state index is 0.0184. The minimum atomic E-state index is -0.563. The molecule has 35 heavy (non-hydrogen) atoms. The number of methoxy groups -OCH3 is 1. The van der Waals surface area contributed by atoms with Crippen LogP contribution in [0.25, 0.3) is 11.0 Å². The SMILES string of the molecule is CC(C)Cn1c(C(C)(C)C)nc2cc(N(C)Sc3ccc(NC(N)=O)cc3)ccc21.CCCOC. The van der Waals surface area contributed by atoms with Gasteiger partial charge in [0.1, 0.15) is 5.82 Å². The lowest BCUT2D eigenvalue weighted by molar-refractivity contribution is 0.199. The van der Waals surface area contributed by atoms with E-state index in [4.69, 9.17) is 15.5 Å². The van der Waals surface area contributed by atoms with Crippen molar-refractivity contribution in [1.82, 2.24) is 9.55 Å².